The number of aryl methyl sites for hydroxylation is 1. The van der Waals surface area contributed by atoms with Gasteiger partial charge in [0.05, 0.1) is 5.69 Å². The van der Waals surface area contributed by atoms with E-state index in [0.717, 1.165) is 28.8 Å². The van der Waals surface area contributed by atoms with Gasteiger partial charge in [-0.3, -0.25) is 9.78 Å². The summed E-state index contributed by atoms with van der Waals surface area (Å²) >= 11 is 0. The highest BCUT2D eigenvalue weighted by molar-refractivity contribution is 5.75. The van der Waals surface area contributed by atoms with Crippen LogP contribution in [-0.2, 0) is 0 Å². The summed E-state index contributed by atoms with van der Waals surface area (Å²) in [4.78, 5) is 14.7. The molecule has 16 heavy (non-hydrogen) atoms. The van der Waals surface area contributed by atoms with Crippen molar-refractivity contribution in [2.75, 3.05) is 5.73 Å². The highest BCUT2D eigenvalue weighted by Gasteiger charge is 2.01. The Morgan fingerprint density at radius 3 is 2.62 bits per heavy atom. The first-order valence-corrected chi connectivity index (χ1v) is 4.98. The van der Waals surface area contributed by atoms with E-state index in [1.807, 2.05) is 31.2 Å². The summed E-state index contributed by atoms with van der Waals surface area (Å²) in [5.41, 5.74) is 9.98. The lowest BCUT2D eigenvalue weighted by molar-refractivity contribution is 0.112. The van der Waals surface area contributed by atoms with E-state index < -0.39 is 0 Å². The number of nitrogen functional groups attached to an aromatic ring is 1. The summed E-state index contributed by atoms with van der Waals surface area (Å²) in [6, 6.07) is 9.37. The van der Waals surface area contributed by atoms with E-state index in [4.69, 9.17) is 5.73 Å². The van der Waals surface area contributed by atoms with E-state index in [9.17, 15) is 4.79 Å². The van der Waals surface area contributed by atoms with E-state index >= 15 is 0 Å². The minimum Gasteiger partial charge on any atom is -0.398 e. The standard InChI is InChI=1S/C13H12N2O/c1-9-2-4-11(6-12(9)14)13-5-3-10(8-16)7-15-13/h2-8H,14H2,1H3. The first-order chi connectivity index (χ1) is 7.70. The van der Waals surface area contributed by atoms with E-state index in [0.29, 0.717) is 5.56 Å². The molecule has 0 bridgehead atoms. The van der Waals surface area contributed by atoms with Gasteiger partial charge in [-0.15, -0.1) is 0 Å². The van der Waals surface area contributed by atoms with Crippen molar-refractivity contribution < 1.29 is 4.79 Å². The number of nitrogens with zero attached hydrogens (tertiary/aromatic N) is 1. The van der Waals surface area contributed by atoms with E-state index in [1.165, 1.54) is 0 Å². The van der Waals surface area contributed by atoms with Crippen molar-refractivity contribution in [2.24, 2.45) is 0 Å². The van der Waals surface area contributed by atoms with Gasteiger partial charge in [-0.2, -0.15) is 0 Å². The second-order valence-electron chi connectivity index (χ2n) is 3.67. The lowest BCUT2D eigenvalue weighted by Gasteiger charge is -2.04. The summed E-state index contributed by atoms with van der Waals surface area (Å²) in [7, 11) is 0. The lowest BCUT2D eigenvalue weighted by Crippen LogP contribution is -1.91. The molecule has 1 aromatic heterocycles. The fourth-order valence-corrected chi connectivity index (χ4v) is 1.45. The third-order valence-electron chi connectivity index (χ3n) is 2.50. The molecule has 0 saturated carbocycles. The summed E-state index contributed by atoms with van der Waals surface area (Å²) < 4.78 is 0. The van der Waals surface area contributed by atoms with E-state index in [2.05, 4.69) is 4.98 Å². The molecular weight excluding hydrogens is 200 g/mol. The zero-order valence-electron chi connectivity index (χ0n) is 8.97. The van der Waals surface area contributed by atoms with Crippen LogP contribution in [0.5, 0.6) is 0 Å². The summed E-state index contributed by atoms with van der Waals surface area (Å²) in [6.07, 6.45) is 2.33. The largest absolute Gasteiger partial charge is 0.398 e. The summed E-state index contributed by atoms with van der Waals surface area (Å²) in [5, 5.41) is 0. The molecule has 0 radical (unpaired) electrons. The molecule has 0 unspecified atom stereocenters. The van der Waals surface area contributed by atoms with Gasteiger partial charge in [0, 0.05) is 23.0 Å². The maximum Gasteiger partial charge on any atom is 0.151 e. The number of hydrogen-bond acceptors (Lipinski definition) is 3. The fraction of sp³-hybridized carbons (Fsp3) is 0.0769. The van der Waals surface area contributed by atoms with Gasteiger partial charge in [0.15, 0.2) is 6.29 Å². The number of benzene rings is 1. The van der Waals surface area contributed by atoms with E-state index in [-0.39, 0.29) is 0 Å². The van der Waals surface area contributed by atoms with Crippen molar-refractivity contribution >= 4 is 12.0 Å². The Bertz CT molecular complexity index is 518. The van der Waals surface area contributed by atoms with Crippen molar-refractivity contribution in [2.45, 2.75) is 6.92 Å². The normalized spacial score (nSPS) is 10.1. The van der Waals surface area contributed by atoms with Crippen LogP contribution in [-0.4, -0.2) is 11.3 Å². The average molecular weight is 212 g/mol. The molecule has 0 aliphatic heterocycles. The first kappa shape index (κ1) is 10.4. The van der Waals surface area contributed by atoms with Crippen molar-refractivity contribution in [1.82, 2.24) is 4.98 Å². The molecule has 3 heteroatoms. The highest BCUT2D eigenvalue weighted by Crippen LogP contribution is 2.21. The number of aromatic nitrogens is 1. The number of rotatable bonds is 2. The number of carbonyl (C=O) groups excluding carboxylic acids is 1. The minimum atomic E-state index is 0.573. The molecule has 0 spiro atoms. The Morgan fingerprint density at radius 2 is 2.06 bits per heavy atom. The van der Waals surface area contributed by atoms with Gasteiger partial charge < -0.3 is 5.73 Å². The second kappa shape index (κ2) is 4.14. The van der Waals surface area contributed by atoms with Crippen LogP contribution in [0.15, 0.2) is 36.5 Å². The van der Waals surface area contributed by atoms with Crippen LogP contribution in [0.2, 0.25) is 0 Å². The quantitative estimate of drug-likeness (QED) is 0.614. The highest BCUT2D eigenvalue weighted by atomic mass is 16.1. The number of aldehydes is 1. The van der Waals surface area contributed by atoms with Crippen molar-refractivity contribution in [3.05, 3.63) is 47.7 Å². The van der Waals surface area contributed by atoms with Crippen LogP contribution in [0.3, 0.4) is 0 Å². The molecule has 0 atom stereocenters. The van der Waals surface area contributed by atoms with Crippen molar-refractivity contribution in [3.63, 3.8) is 0 Å². The Hall–Kier alpha value is -2.16. The van der Waals surface area contributed by atoms with Crippen LogP contribution in [0, 0.1) is 6.92 Å². The zero-order valence-corrected chi connectivity index (χ0v) is 8.97. The monoisotopic (exact) mass is 212 g/mol. The number of carbonyl (C=O) groups is 1. The van der Waals surface area contributed by atoms with Crippen LogP contribution >= 0.6 is 0 Å². The molecule has 0 fully saturated rings. The Balaban J connectivity index is 2.42. The summed E-state index contributed by atoms with van der Waals surface area (Å²) in [5.74, 6) is 0. The molecule has 0 aliphatic rings. The predicted molar refractivity (Wildman–Crippen MR) is 64.2 cm³/mol. The van der Waals surface area contributed by atoms with Gasteiger partial charge in [-0.25, -0.2) is 0 Å². The molecule has 2 N–H and O–H groups in total. The molecule has 2 aromatic rings. The fourth-order valence-electron chi connectivity index (χ4n) is 1.45. The first-order valence-electron chi connectivity index (χ1n) is 4.98. The Morgan fingerprint density at radius 1 is 1.25 bits per heavy atom. The maximum atomic E-state index is 10.5. The van der Waals surface area contributed by atoms with Gasteiger partial charge in [0.2, 0.25) is 0 Å². The molecule has 2 rings (SSSR count). The smallest absolute Gasteiger partial charge is 0.151 e. The summed E-state index contributed by atoms with van der Waals surface area (Å²) in [6.45, 7) is 1.96. The molecule has 0 saturated heterocycles. The van der Waals surface area contributed by atoms with Gasteiger partial charge in [-0.05, 0) is 30.7 Å². The lowest BCUT2D eigenvalue weighted by atomic mass is 10.1. The minimum absolute atomic E-state index is 0.573. The van der Waals surface area contributed by atoms with Crippen LogP contribution < -0.4 is 5.73 Å². The average Bonchev–Trinajstić information content (AvgIpc) is 2.33. The van der Waals surface area contributed by atoms with Crippen LogP contribution in [0.4, 0.5) is 5.69 Å². The van der Waals surface area contributed by atoms with Crippen LogP contribution in [0.1, 0.15) is 15.9 Å². The van der Waals surface area contributed by atoms with Gasteiger partial charge in [0.1, 0.15) is 0 Å². The number of pyridine rings is 1. The molecule has 80 valence electrons. The van der Waals surface area contributed by atoms with Crippen LogP contribution in [0.25, 0.3) is 11.3 Å². The third kappa shape index (κ3) is 1.93. The molecule has 1 heterocycles. The van der Waals surface area contributed by atoms with Crippen molar-refractivity contribution in [1.29, 1.82) is 0 Å². The Labute approximate surface area is 93.9 Å². The molecular formula is C13H12N2O. The van der Waals surface area contributed by atoms with Gasteiger partial charge in [0.25, 0.3) is 0 Å². The molecule has 3 nitrogen and oxygen atoms in total. The van der Waals surface area contributed by atoms with Gasteiger partial charge >= 0.3 is 0 Å². The van der Waals surface area contributed by atoms with Gasteiger partial charge in [-0.1, -0.05) is 12.1 Å². The molecule has 1 aromatic carbocycles. The molecule has 0 amide bonds. The predicted octanol–water partition coefficient (Wildman–Crippen LogP) is 2.45. The number of anilines is 1. The number of hydrogen-bond donors (Lipinski definition) is 1. The SMILES string of the molecule is Cc1ccc(-c2ccc(C=O)cn2)cc1N. The topological polar surface area (TPSA) is 56.0 Å². The second-order valence-corrected chi connectivity index (χ2v) is 3.67. The zero-order chi connectivity index (χ0) is 11.5. The van der Waals surface area contributed by atoms with Crippen molar-refractivity contribution in [3.8, 4) is 11.3 Å². The number of nitrogens with two attached hydrogens (primary N) is 1. The molecule has 0 aliphatic carbocycles. The Kier molecular flexibility index (Phi) is 2.68. The third-order valence-corrected chi connectivity index (χ3v) is 2.50. The maximum absolute atomic E-state index is 10.5. The van der Waals surface area contributed by atoms with E-state index in [1.54, 1.807) is 12.3 Å².